The lowest BCUT2D eigenvalue weighted by atomic mass is 9.64. The number of carbonyl (C=O) groups excluding carboxylic acids is 3. The number of rotatable bonds is 5. The summed E-state index contributed by atoms with van der Waals surface area (Å²) in [4.78, 5) is 46.0. The Morgan fingerprint density at radius 3 is 2.24 bits per heavy atom. The van der Waals surface area contributed by atoms with Crippen LogP contribution in [0.25, 0.3) is 5.57 Å². The maximum absolute atomic E-state index is 14.8. The van der Waals surface area contributed by atoms with Crippen LogP contribution in [0.1, 0.15) is 38.8 Å². The number of allylic oxidation sites excluding steroid dienone is 1. The summed E-state index contributed by atoms with van der Waals surface area (Å²) in [6.45, 7) is 2.01. The van der Waals surface area contributed by atoms with E-state index < -0.39 is 23.4 Å². The average molecular weight is 575 g/mol. The summed E-state index contributed by atoms with van der Waals surface area (Å²) in [6.07, 6.45) is 2.05. The van der Waals surface area contributed by atoms with Gasteiger partial charge < -0.3 is 15.0 Å². The fraction of sp³-hybridized carbons (Fsp3) is 0.171. The third-order valence-corrected chi connectivity index (χ3v) is 9.19. The van der Waals surface area contributed by atoms with Gasteiger partial charge in [0.2, 0.25) is 5.91 Å². The van der Waals surface area contributed by atoms with Crippen LogP contribution in [-0.2, 0) is 10.2 Å². The maximum atomic E-state index is 14.8. The molecule has 6 nitrogen and oxygen atoms in total. The highest BCUT2D eigenvalue weighted by molar-refractivity contribution is 6.30. The minimum atomic E-state index is -1.37. The Hall–Kier alpha value is -4.68. The van der Waals surface area contributed by atoms with Gasteiger partial charge in [-0.2, -0.15) is 0 Å². The minimum absolute atomic E-state index is 0.244. The van der Waals surface area contributed by atoms with Gasteiger partial charge in [0.1, 0.15) is 17.2 Å². The van der Waals surface area contributed by atoms with Crippen molar-refractivity contribution >= 4 is 46.0 Å². The molecule has 1 spiro atoms. The summed E-state index contributed by atoms with van der Waals surface area (Å²) in [5, 5.41) is 3.56. The number of para-hydroxylation sites is 2. The molecule has 1 N–H and O–H groups in total. The van der Waals surface area contributed by atoms with Crippen LogP contribution < -0.4 is 15.0 Å². The maximum Gasteiger partial charge on any atom is 0.238 e. The topological polar surface area (TPSA) is 75.7 Å². The molecule has 1 amide bonds. The van der Waals surface area contributed by atoms with Gasteiger partial charge in [-0.05, 0) is 78.7 Å². The third kappa shape index (κ3) is 3.61. The van der Waals surface area contributed by atoms with Crippen LogP contribution in [0.15, 0.2) is 103 Å². The molecule has 0 bridgehead atoms. The van der Waals surface area contributed by atoms with Gasteiger partial charge in [0.25, 0.3) is 0 Å². The number of halogens is 1. The van der Waals surface area contributed by atoms with Gasteiger partial charge in [0.15, 0.2) is 11.6 Å². The van der Waals surface area contributed by atoms with Gasteiger partial charge in [-0.25, -0.2) is 0 Å². The zero-order valence-corrected chi connectivity index (χ0v) is 23.8. The largest absolute Gasteiger partial charge is 0.497 e. The number of anilines is 2. The molecule has 1 fully saturated rings. The van der Waals surface area contributed by atoms with Crippen molar-refractivity contribution in [1.29, 1.82) is 0 Å². The Kier molecular flexibility index (Phi) is 6.06. The van der Waals surface area contributed by atoms with Crippen molar-refractivity contribution in [2.75, 3.05) is 17.3 Å². The Labute approximate surface area is 248 Å². The molecule has 0 saturated carbocycles. The molecule has 4 aromatic carbocycles. The molecule has 0 aromatic heterocycles. The van der Waals surface area contributed by atoms with Gasteiger partial charge in [-0.15, -0.1) is 0 Å². The van der Waals surface area contributed by atoms with Crippen molar-refractivity contribution in [3.8, 4) is 5.75 Å². The molecular formula is C35H27ClN2O4. The van der Waals surface area contributed by atoms with Gasteiger partial charge >= 0.3 is 0 Å². The molecule has 3 heterocycles. The smallest absolute Gasteiger partial charge is 0.238 e. The summed E-state index contributed by atoms with van der Waals surface area (Å²) in [5.41, 5.74) is 3.58. The van der Waals surface area contributed by atoms with Crippen LogP contribution in [0.4, 0.5) is 11.4 Å². The molecule has 4 atom stereocenters. The number of amides is 1. The number of Topliss-reactive ketones (excluding diaryl/α,β-unsaturated/α-hetero) is 2. The number of ether oxygens (including phenoxy) is 1. The van der Waals surface area contributed by atoms with Crippen LogP contribution in [0.2, 0.25) is 5.02 Å². The Morgan fingerprint density at radius 1 is 0.857 bits per heavy atom. The van der Waals surface area contributed by atoms with E-state index in [1.807, 2.05) is 66.4 Å². The summed E-state index contributed by atoms with van der Waals surface area (Å²) >= 11 is 6.19. The fourth-order valence-corrected chi connectivity index (χ4v) is 7.23. The first-order valence-corrected chi connectivity index (χ1v) is 14.2. The van der Waals surface area contributed by atoms with Crippen molar-refractivity contribution in [3.05, 3.63) is 130 Å². The molecule has 208 valence electrons. The monoisotopic (exact) mass is 574 g/mol. The van der Waals surface area contributed by atoms with Crippen LogP contribution in [-0.4, -0.2) is 36.7 Å². The number of nitrogens with zero attached hydrogens (tertiary/aromatic N) is 1. The van der Waals surface area contributed by atoms with E-state index in [0.717, 1.165) is 16.8 Å². The van der Waals surface area contributed by atoms with Crippen molar-refractivity contribution in [1.82, 2.24) is 0 Å². The summed E-state index contributed by atoms with van der Waals surface area (Å²) in [5.74, 6) is -1.25. The highest BCUT2D eigenvalue weighted by Crippen LogP contribution is 2.58. The Morgan fingerprint density at radius 2 is 1.50 bits per heavy atom. The Balaban J connectivity index is 1.53. The molecule has 0 unspecified atom stereocenters. The van der Waals surface area contributed by atoms with Crippen molar-refractivity contribution in [2.24, 2.45) is 5.92 Å². The quantitative estimate of drug-likeness (QED) is 0.272. The number of hydrogen-bond acceptors (Lipinski definition) is 5. The molecule has 0 radical (unpaired) electrons. The lowest BCUT2D eigenvalue weighted by Crippen LogP contribution is -2.51. The van der Waals surface area contributed by atoms with E-state index in [2.05, 4.69) is 5.32 Å². The first kappa shape index (κ1) is 26.2. The lowest BCUT2D eigenvalue weighted by Gasteiger charge is -2.39. The fourth-order valence-electron chi connectivity index (χ4n) is 7.11. The molecule has 0 aliphatic carbocycles. The molecule has 3 aliphatic rings. The first-order chi connectivity index (χ1) is 20.4. The molecule has 7 rings (SSSR count). The van der Waals surface area contributed by atoms with Crippen LogP contribution in [0.5, 0.6) is 5.75 Å². The summed E-state index contributed by atoms with van der Waals surface area (Å²) < 4.78 is 5.33. The molecule has 4 aromatic rings. The standard InChI is InChI=1S/C35H27ClN2O4/c1-20-19-29-35(26-8-4-5-9-27(26)37-34(35)41)30(32(39)21-11-15-23(36)16-12-21)31(38(29)28-10-6-3-7-25(20)28)33(40)22-13-17-24(42-2)18-14-22/h3-19,29-31H,1-2H3,(H,37,41)/t29-,30+,31-,35+/m1/s1. The number of methoxy groups -OCH3 is 1. The second-order valence-electron chi connectivity index (χ2n) is 11.0. The number of hydrogen-bond donors (Lipinski definition) is 1. The second kappa shape index (κ2) is 9.71. The van der Waals surface area contributed by atoms with Gasteiger partial charge in [-0.1, -0.05) is 54.1 Å². The van der Waals surface area contributed by atoms with Gasteiger partial charge in [0.05, 0.1) is 19.1 Å². The van der Waals surface area contributed by atoms with E-state index in [1.165, 1.54) is 0 Å². The number of nitrogens with one attached hydrogen (secondary N) is 1. The summed E-state index contributed by atoms with van der Waals surface area (Å²) in [7, 11) is 1.57. The SMILES string of the molecule is COc1ccc(C(=O)[C@H]2[C@@H](C(=O)c3ccc(Cl)cc3)[C@@]3(C(=O)Nc4ccccc43)[C@H]3C=C(C)c4ccccc4N23)cc1. The molecule has 42 heavy (non-hydrogen) atoms. The summed E-state index contributed by atoms with van der Waals surface area (Å²) in [6, 6.07) is 27.3. The predicted molar refractivity (Wildman–Crippen MR) is 163 cm³/mol. The zero-order valence-electron chi connectivity index (χ0n) is 23.0. The molecule has 7 heteroatoms. The zero-order chi connectivity index (χ0) is 29.2. The molecule has 1 saturated heterocycles. The van der Waals surface area contributed by atoms with Crippen LogP contribution >= 0.6 is 11.6 Å². The van der Waals surface area contributed by atoms with Crippen molar-refractivity contribution in [2.45, 2.75) is 24.4 Å². The average Bonchev–Trinajstić information content (AvgIpc) is 3.49. The van der Waals surface area contributed by atoms with Crippen molar-refractivity contribution in [3.63, 3.8) is 0 Å². The Bertz CT molecular complexity index is 1800. The van der Waals surface area contributed by atoms with Gasteiger partial charge in [-0.3, -0.25) is 14.4 Å². The van der Waals surface area contributed by atoms with Gasteiger partial charge in [0, 0.05) is 33.1 Å². The predicted octanol–water partition coefficient (Wildman–Crippen LogP) is 6.59. The van der Waals surface area contributed by atoms with Crippen LogP contribution in [0.3, 0.4) is 0 Å². The second-order valence-corrected chi connectivity index (χ2v) is 11.4. The van der Waals surface area contributed by atoms with E-state index >= 15 is 0 Å². The molecular weight excluding hydrogens is 548 g/mol. The lowest BCUT2D eigenvalue weighted by molar-refractivity contribution is -0.121. The van der Waals surface area contributed by atoms with E-state index in [9.17, 15) is 14.4 Å². The number of carbonyl (C=O) groups is 3. The van der Waals surface area contributed by atoms with E-state index in [1.54, 1.807) is 55.6 Å². The van der Waals surface area contributed by atoms with E-state index in [-0.39, 0.29) is 17.5 Å². The highest BCUT2D eigenvalue weighted by Gasteiger charge is 2.70. The van der Waals surface area contributed by atoms with E-state index in [4.69, 9.17) is 16.3 Å². The number of benzene rings is 4. The van der Waals surface area contributed by atoms with Crippen LogP contribution in [0, 0.1) is 5.92 Å². The van der Waals surface area contributed by atoms with E-state index in [0.29, 0.717) is 33.1 Å². The molecule has 3 aliphatic heterocycles. The number of ketones is 2. The number of fused-ring (bicyclic) bond motifs is 6. The first-order valence-electron chi connectivity index (χ1n) is 13.8. The normalized spacial score (nSPS) is 23.5. The third-order valence-electron chi connectivity index (χ3n) is 8.94. The van der Waals surface area contributed by atoms with Crippen molar-refractivity contribution < 1.29 is 19.1 Å². The minimum Gasteiger partial charge on any atom is -0.497 e. The highest BCUT2D eigenvalue weighted by atomic mass is 35.5.